The van der Waals surface area contributed by atoms with Crippen molar-refractivity contribution in [2.45, 2.75) is 6.92 Å². The van der Waals surface area contributed by atoms with Crippen molar-refractivity contribution in [3.63, 3.8) is 0 Å². The Kier molecular flexibility index (Phi) is 3.10. The molecule has 0 atom stereocenters. The maximum Gasteiger partial charge on any atom is 0.166 e. The zero-order chi connectivity index (χ0) is 12.3. The maximum atomic E-state index is 9.59. The van der Waals surface area contributed by atoms with E-state index in [1.54, 1.807) is 12.1 Å². The van der Waals surface area contributed by atoms with Crippen LogP contribution in [0.5, 0.6) is 11.5 Å². The van der Waals surface area contributed by atoms with Gasteiger partial charge >= 0.3 is 0 Å². The topological polar surface area (TPSA) is 52.8 Å². The minimum atomic E-state index is -0.149. The summed E-state index contributed by atoms with van der Waals surface area (Å²) in [5.41, 5.74) is 2.43. The molecule has 0 fully saturated rings. The molecule has 17 heavy (non-hydrogen) atoms. The van der Waals surface area contributed by atoms with Crippen molar-refractivity contribution < 1.29 is 10.2 Å². The lowest BCUT2D eigenvalue weighted by Crippen LogP contribution is -1.82. The molecule has 2 aromatic rings. The first-order chi connectivity index (χ1) is 8.16. The van der Waals surface area contributed by atoms with Gasteiger partial charge in [0.1, 0.15) is 0 Å². The van der Waals surface area contributed by atoms with E-state index < -0.39 is 0 Å². The first-order valence-corrected chi connectivity index (χ1v) is 5.28. The van der Waals surface area contributed by atoms with E-state index in [-0.39, 0.29) is 11.5 Å². The smallest absolute Gasteiger partial charge is 0.166 e. The summed E-state index contributed by atoms with van der Waals surface area (Å²) < 4.78 is 0. The number of phenols is 2. The molecule has 0 unspecified atom stereocenters. The minimum absolute atomic E-state index is 0.141. The number of aryl methyl sites for hydroxylation is 1. The van der Waals surface area contributed by atoms with Crippen LogP contribution in [0, 0.1) is 6.92 Å². The van der Waals surface area contributed by atoms with Gasteiger partial charge in [-0.15, -0.1) is 0 Å². The molecule has 0 bridgehead atoms. The molecule has 0 aliphatic rings. The standard InChI is InChI=1S/C14H13NO2/c1-10-4-2-6-12(8-10)15-9-11-5-3-7-13(16)14(11)17/h2-9,16-17H,1H3. The van der Waals surface area contributed by atoms with Gasteiger partial charge in [-0.1, -0.05) is 18.2 Å². The van der Waals surface area contributed by atoms with Gasteiger partial charge in [0, 0.05) is 11.8 Å². The van der Waals surface area contributed by atoms with Crippen molar-refractivity contribution in [2.75, 3.05) is 0 Å². The predicted octanol–water partition coefficient (Wildman–Crippen LogP) is 3.16. The third-order valence-electron chi connectivity index (χ3n) is 2.40. The monoisotopic (exact) mass is 227 g/mol. The van der Waals surface area contributed by atoms with Gasteiger partial charge in [-0.2, -0.15) is 0 Å². The van der Waals surface area contributed by atoms with Gasteiger partial charge in [0.15, 0.2) is 11.5 Å². The average Bonchev–Trinajstić information content (AvgIpc) is 2.31. The van der Waals surface area contributed by atoms with E-state index in [0.29, 0.717) is 5.56 Å². The highest BCUT2D eigenvalue weighted by Crippen LogP contribution is 2.27. The Balaban J connectivity index is 2.29. The Morgan fingerprint density at radius 1 is 1.06 bits per heavy atom. The quantitative estimate of drug-likeness (QED) is 0.611. The van der Waals surface area contributed by atoms with E-state index in [9.17, 15) is 10.2 Å². The van der Waals surface area contributed by atoms with Crippen molar-refractivity contribution in [3.8, 4) is 11.5 Å². The normalized spacial score (nSPS) is 10.9. The fraction of sp³-hybridized carbons (Fsp3) is 0.0714. The molecule has 2 N–H and O–H groups in total. The average molecular weight is 227 g/mol. The fourth-order valence-corrected chi connectivity index (χ4v) is 1.51. The summed E-state index contributed by atoms with van der Waals surface area (Å²) in [5.74, 6) is -0.290. The molecule has 0 heterocycles. The number of benzene rings is 2. The molecule has 0 aliphatic heterocycles. The van der Waals surface area contributed by atoms with E-state index in [1.807, 2.05) is 31.2 Å². The van der Waals surface area contributed by atoms with E-state index in [1.165, 1.54) is 12.3 Å². The van der Waals surface area contributed by atoms with Crippen LogP contribution in [0.25, 0.3) is 0 Å². The SMILES string of the molecule is Cc1cccc(N=Cc2cccc(O)c2O)c1. The number of para-hydroxylation sites is 1. The molecule has 3 heteroatoms. The molecule has 2 aromatic carbocycles. The Morgan fingerprint density at radius 2 is 1.82 bits per heavy atom. The summed E-state index contributed by atoms with van der Waals surface area (Å²) in [6.45, 7) is 1.99. The third-order valence-corrected chi connectivity index (χ3v) is 2.40. The minimum Gasteiger partial charge on any atom is -0.504 e. The highest BCUT2D eigenvalue weighted by atomic mass is 16.3. The van der Waals surface area contributed by atoms with Gasteiger partial charge in [-0.25, -0.2) is 0 Å². The Morgan fingerprint density at radius 3 is 2.59 bits per heavy atom. The van der Waals surface area contributed by atoms with Crippen LogP contribution in [-0.4, -0.2) is 16.4 Å². The second-order valence-electron chi connectivity index (χ2n) is 3.81. The number of hydrogen-bond donors (Lipinski definition) is 2. The van der Waals surface area contributed by atoms with Gasteiger partial charge in [0.2, 0.25) is 0 Å². The second kappa shape index (κ2) is 4.70. The summed E-state index contributed by atoms with van der Waals surface area (Å²) >= 11 is 0. The van der Waals surface area contributed by atoms with Crippen LogP contribution >= 0.6 is 0 Å². The van der Waals surface area contributed by atoms with Crippen molar-refractivity contribution in [1.29, 1.82) is 0 Å². The zero-order valence-corrected chi connectivity index (χ0v) is 9.46. The Labute approximate surface area is 99.7 Å². The number of phenolic OH excluding ortho intramolecular Hbond substituents is 2. The molecule has 86 valence electrons. The van der Waals surface area contributed by atoms with Gasteiger partial charge in [-0.05, 0) is 36.8 Å². The van der Waals surface area contributed by atoms with Crippen LogP contribution in [0.4, 0.5) is 5.69 Å². The van der Waals surface area contributed by atoms with Crippen LogP contribution in [0.1, 0.15) is 11.1 Å². The molecule has 0 aliphatic carbocycles. The second-order valence-corrected chi connectivity index (χ2v) is 3.81. The summed E-state index contributed by atoms with van der Waals surface area (Å²) in [4.78, 5) is 4.24. The first-order valence-electron chi connectivity index (χ1n) is 5.28. The van der Waals surface area contributed by atoms with Crippen LogP contribution in [0.3, 0.4) is 0 Å². The maximum absolute atomic E-state index is 9.59. The Bertz CT molecular complexity index is 562. The van der Waals surface area contributed by atoms with Crippen LogP contribution in [0.15, 0.2) is 47.5 Å². The van der Waals surface area contributed by atoms with Crippen LogP contribution in [-0.2, 0) is 0 Å². The van der Waals surface area contributed by atoms with Crippen molar-refractivity contribution in [2.24, 2.45) is 4.99 Å². The molecular formula is C14H13NO2. The number of rotatable bonds is 2. The van der Waals surface area contributed by atoms with Crippen molar-refractivity contribution in [3.05, 3.63) is 53.6 Å². The molecule has 0 spiro atoms. The third kappa shape index (κ3) is 2.64. The largest absolute Gasteiger partial charge is 0.504 e. The molecule has 0 radical (unpaired) electrons. The lowest BCUT2D eigenvalue weighted by Gasteiger charge is -2.00. The van der Waals surface area contributed by atoms with Crippen LogP contribution < -0.4 is 0 Å². The van der Waals surface area contributed by atoms with E-state index >= 15 is 0 Å². The summed E-state index contributed by atoms with van der Waals surface area (Å²) in [6, 6.07) is 12.5. The zero-order valence-electron chi connectivity index (χ0n) is 9.46. The van der Waals surface area contributed by atoms with Gasteiger partial charge in [-0.3, -0.25) is 4.99 Å². The summed E-state index contributed by atoms with van der Waals surface area (Å²) in [7, 11) is 0. The molecule has 0 aromatic heterocycles. The molecular weight excluding hydrogens is 214 g/mol. The number of nitrogens with zero attached hydrogens (tertiary/aromatic N) is 1. The van der Waals surface area contributed by atoms with E-state index in [2.05, 4.69) is 4.99 Å². The lowest BCUT2D eigenvalue weighted by molar-refractivity contribution is 0.403. The molecule has 0 amide bonds. The Hall–Kier alpha value is -2.29. The highest BCUT2D eigenvalue weighted by molar-refractivity contribution is 5.86. The van der Waals surface area contributed by atoms with Crippen LogP contribution in [0.2, 0.25) is 0 Å². The highest BCUT2D eigenvalue weighted by Gasteiger charge is 2.02. The predicted molar refractivity (Wildman–Crippen MR) is 68.2 cm³/mol. The summed E-state index contributed by atoms with van der Waals surface area (Å²) in [5, 5.41) is 18.9. The number of hydrogen-bond acceptors (Lipinski definition) is 3. The van der Waals surface area contributed by atoms with E-state index in [4.69, 9.17) is 0 Å². The van der Waals surface area contributed by atoms with Gasteiger partial charge in [0.25, 0.3) is 0 Å². The molecule has 3 nitrogen and oxygen atoms in total. The van der Waals surface area contributed by atoms with Gasteiger partial charge < -0.3 is 10.2 Å². The first kappa shape index (κ1) is 11.2. The fourth-order valence-electron chi connectivity index (χ4n) is 1.51. The van der Waals surface area contributed by atoms with Crippen molar-refractivity contribution in [1.82, 2.24) is 0 Å². The molecule has 2 rings (SSSR count). The number of aromatic hydroxyl groups is 2. The molecule has 0 saturated carbocycles. The lowest BCUT2D eigenvalue weighted by atomic mass is 10.2. The summed E-state index contributed by atoms with van der Waals surface area (Å²) in [6.07, 6.45) is 1.53. The van der Waals surface area contributed by atoms with Crippen molar-refractivity contribution >= 4 is 11.9 Å². The molecule has 0 saturated heterocycles. The van der Waals surface area contributed by atoms with E-state index in [0.717, 1.165) is 11.3 Å². The number of aliphatic imine (C=N–C) groups is 1. The van der Waals surface area contributed by atoms with Gasteiger partial charge in [0.05, 0.1) is 5.69 Å².